The second-order valence-electron chi connectivity index (χ2n) is 5.69. The Morgan fingerprint density at radius 1 is 1.26 bits per heavy atom. The SMILES string of the molecule is NC(=O)[C@H]1CCO[C@@H](c2ccc(OCc3ccccc3)nc2)C1. The Bertz CT molecular complexity index is 643. The minimum atomic E-state index is -0.255. The van der Waals surface area contributed by atoms with Gasteiger partial charge in [-0.1, -0.05) is 30.3 Å². The first kappa shape index (κ1) is 15.5. The molecule has 0 aliphatic carbocycles. The fourth-order valence-corrected chi connectivity index (χ4v) is 2.69. The molecule has 1 aromatic carbocycles. The molecule has 1 saturated heterocycles. The van der Waals surface area contributed by atoms with Crippen LogP contribution in [0.1, 0.15) is 30.1 Å². The van der Waals surface area contributed by atoms with E-state index in [0.717, 1.165) is 11.1 Å². The summed E-state index contributed by atoms with van der Waals surface area (Å²) in [5, 5.41) is 0. The van der Waals surface area contributed by atoms with Crippen LogP contribution in [0.5, 0.6) is 5.88 Å². The Kier molecular flexibility index (Phi) is 4.88. The summed E-state index contributed by atoms with van der Waals surface area (Å²) in [5.74, 6) is 0.191. The number of nitrogens with zero attached hydrogens (tertiary/aromatic N) is 1. The topological polar surface area (TPSA) is 74.4 Å². The number of benzene rings is 1. The maximum absolute atomic E-state index is 11.3. The van der Waals surface area contributed by atoms with Crippen LogP contribution in [0.4, 0.5) is 0 Å². The lowest BCUT2D eigenvalue weighted by Gasteiger charge is -2.27. The number of hydrogen-bond acceptors (Lipinski definition) is 4. The zero-order valence-corrected chi connectivity index (χ0v) is 12.9. The number of ether oxygens (including phenoxy) is 2. The predicted molar refractivity (Wildman–Crippen MR) is 85.6 cm³/mol. The Morgan fingerprint density at radius 2 is 2.09 bits per heavy atom. The van der Waals surface area contributed by atoms with Gasteiger partial charge in [-0.05, 0) is 30.0 Å². The van der Waals surface area contributed by atoms with Crippen molar-refractivity contribution in [2.24, 2.45) is 11.7 Å². The molecule has 5 nitrogen and oxygen atoms in total. The molecule has 0 radical (unpaired) electrons. The number of primary amides is 1. The van der Waals surface area contributed by atoms with Crippen LogP contribution in [-0.4, -0.2) is 17.5 Å². The van der Waals surface area contributed by atoms with Crippen molar-refractivity contribution in [2.45, 2.75) is 25.6 Å². The lowest BCUT2D eigenvalue weighted by molar-refractivity contribution is -0.126. The molecule has 2 N–H and O–H groups in total. The van der Waals surface area contributed by atoms with Crippen molar-refractivity contribution in [1.82, 2.24) is 4.98 Å². The fraction of sp³-hybridized carbons (Fsp3) is 0.333. The van der Waals surface area contributed by atoms with Crippen molar-refractivity contribution in [3.63, 3.8) is 0 Å². The molecule has 0 spiro atoms. The van der Waals surface area contributed by atoms with E-state index < -0.39 is 0 Å². The van der Waals surface area contributed by atoms with Gasteiger partial charge in [0.15, 0.2) is 0 Å². The van der Waals surface area contributed by atoms with Gasteiger partial charge in [0.05, 0.1) is 6.10 Å². The van der Waals surface area contributed by atoms with Gasteiger partial charge in [0.25, 0.3) is 0 Å². The number of rotatable bonds is 5. The molecule has 1 fully saturated rings. The summed E-state index contributed by atoms with van der Waals surface area (Å²) in [5.41, 5.74) is 7.44. The van der Waals surface area contributed by atoms with E-state index >= 15 is 0 Å². The third-order valence-corrected chi connectivity index (χ3v) is 4.05. The number of carbonyl (C=O) groups excluding carboxylic acids is 1. The number of pyridine rings is 1. The fourth-order valence-electron chi connectivity index (χ4n) is 2.69. The third kappa shape index (κ3) is 4.07. The maximum atomic E-state index is 11.3. The van der Waals surface area contributed by atoms with Crippen LogP contribution in [0.2, 0.25) is 0 Å². The molecule has 120 valence electrons. The first-order valence-corrected chi connectivity index (χ1v) is 7.76. The summed E-state index contributed by atoms with van der Waals surface area (Å²) in [6.45, 7) is 1.03. The summed E-state index contributed by atoms with van der Waals surface area (Å²) in [4.78, 5) is 15.7. The number of nitrogens with two attached hydrogens (primary N) is 1. The summed E-state index contributed by atoms with van der Waals surface area (Å²) in [6, 6.07) is 13.7. The molecule has 0 unspecified atom stereocenters. The molecule has 0 bridgehead atoms. The smallest absolute Gasteiger partial charge is 0.220 e. The van der Waals surface area contributed by atoms with Crippen LogP contribution in [0, 0.1) is 5.92 Å². The van der Waals surface area contributed by atoms with Crippen LogP contribution in [0.25, 0.3) is 0 Å². The second kappa shape index (κ2) is 7.24. The maximum Gasteiger partial charge on any atom is 0.220 e. The van der Waals surface area contributed by atoms with Crippen molar-refractivity contribution in [2.75, 3.05) is 6.61 Å². The zero-order chi connectivity index (χ0) is 16.1. The van der Waals surface area contributed by atoms with E-state index in [1.54, 1.807) is 6.20 Å². The van der Waals surface area contributed by atoms with Gasteiger partial charge in [0.1, 0.15) is 6.61 Å². The first-order chi connectivity index (χ1) is 11.2. The average Bonchev–Trinajstić information content (AvgIpc) is 2.61. The molecular formula is C18H20N2O3. The summed E-state index contributed by atoms with van der Waals surface area (Å²) in [7, 11) is 0. The van der Waals surface area contributed by atoms with Crippen molar-refractivity contribution in [3.8, 4) is 5.88 Å². The van der Waals surface area contributed by atoms with Crippen LogP contribution in [-0.2, 0) is 16.1 Å². The highest BCUT2D eigenvalue weighted by Crippen LogP contribution is 2.31. The summed E-state index contributed by atoms with van der Waals surface area (Å²) < 4.78 is 11.4. The van der Waals surface area contributed by atoms with Gasteiger partial charge in [-0.15, -0.1) is 0 Å². The van der Waals surface area contributed by atoms with Gasteiger partial charge < -0.3 is 15.2 Å². The summed E-state index contributed by atoms with van der Waals surface area (Å²) in [6.07, 6.45) is 2.92. The van der Waals surface area contributed by atoms with Gasteiger partial charge >= 0.3 is 0 Å². The minimum absolute atomic E-state index is 0.122. The van der Waals surface area contributed by atoms with E-state index in [0.29, 0.717) is 31.9 Å². The lowest BCUT2D eigenvalue weighted by atomic mass is 9.92. The van der Waals surface area contributed by atoms with E-state index in [4.69, 9.17) is 15.2 Å². The third-order valence-electron chi connectivity index (χ3n) is 4.05. The Hall–Kier alpha value is -2.40. The molecule has 2 aromatic rings. The highest BCUT2D eigenvalue weighted by Gasteiger charge is 2.27. The second-order valence-corrected chi connectivity index (χ2v) is 5.69. The molecule has 1 aromatic heterocycles. The predicted octanol–water partition coefficient (Wildman–Crippen LogP) is 2.61. The van der Waals surface area contributed by atoms with Crippen molar-refractivity contribution < 1.29 is 14.3 Å². The molecule has 23 heavy (non-hydrogen) atoms. The summed E-state index contributed by atoms with van der Waals surface area (Å²) >= 11 is 0. The molecule has 1 aliphatic rings. The van der Waals surface area contributed by atoms with Gasteiger partial charge in [0, 0.05) is 24.8 Å². The van der Waals surface area contributed by atoms with Gasteiger partial charge in [-0.2, -0.15) is 0 Å². The van der Waals surface area contributed by atoms with E-state index in [2.05, 4.69) is 4.98 Å². The van der Waals surface area contributed by atoms with Crippen molar-refractivity contribution >= 4 is 5.91 Å². The average molecular weight is 312 g/mol. The largest absolute Gasteiger partial charge is 0.473 e. The van der Waals surface area contributed by atoms with Gasteiger partial charge in [-0.3, -0.25) is 4.79 Å². The molecule has 0 saturated carbocycles. The molecule has 3 rings (SSSR count). The molecule has 5 heteroatoms. The highest BCUT2D eigenvalue weighted by atomic mass is 16.5. The van der Waals surface area contributed by atoms with E-state index in [1.807, 2.05) is 42.5 Å². The van der Waals surface area contributed by atoms with Crippen LogP contribution < -0.4 is 10.5 Å². The molecule has 1 amide bonds. The number of aromatic nitrogens is 1. The number of hydrogen-bond donors (Lipinski definition) is 1. The first-order valence-electron chi connectivity index (χ1n) is 7.76. The quantitative estimate of drug-likeness (QED) is 0.921. The van der Waals surface area contributed by atoms with Gasteiger partial charge in [0.2, 0.25) is 11.8 Å². The number of carbonyl (C=O) groups is 1. The minimum Gasteiger partial charge on any atom is -0.473 e. The molecule has 2 atom stereocenters. The van der Waals surface area contributed by atoms with Gasteiger partial charge in [-0.25, -0.2) is 4.98 Å². The van der Waals surface area contributed by atoms with E-state index in [1.165, 1.54) is 0 Å². The van der Waals surface area contributed by atoms with Crippen LogP contribution in [0.3, 0.4) is 0 Å². The van der Waals surface area contributed by atoms with Crippen LogP contribution >= 0.6 is 0 Å². The molecule has 1 aliphatic heterocycles. The molecular weight excluding hydrogens is 292 g/mol. The van der Waals surface area contributed by atoms with Crippen LogP contribution in [0.15, 0.2) is 48.7 Å². The van der Waals surface area contributed by atoms with Crippen molar-refractivity contribution in [3.05, 3.63) is 59.8 Å². The van der Waals surface area contributed by atoms with E-state index in [9.17, 15) is 4.79 Å². The zero-order valence-electron chi connectivity index (χ0n) is 12.9. The Balaban J connectivity index is 1.59. The molecule has 2 heterocycles. The highest BCUT2D eigenvalue weighted by molar-refractivity contribution is 5.76. The number of amides is 1. The monoisotopic (exact) mass is 312 g/mol. The van der Waals surface area contributed by atoms with E-state index in [-0.39, 0.29) is 17.9 Å². The standard InChI is InChI=1S/C18H20N2O3/c19-18(21)14-8-9-22-16(10-14)15-6-7-17(20-11-15)23-12-13-4-2-1-3-5-13/h1-7,11,14,16H,8-10,12H2,(H2,19,21)/t14-,16+/m0/s1. The lowest BCUT2D eigenvalue weighted by Crippen LogP contribution is -2.30. The Labute approximate surface area is 135 Å². The van der Waals surface area contributed by atoms with Crippen molar-refractivity contribution in [1.29, 1.82) is 0 Å². The Morgan fingerprint density at radius 3 is 2.78 bits per heavy atom. The normalized spacial score (nSPS) is 20.9.